The summed E-state index contributed by atoms with van der Waals surface area (Å²) in [4.78, 5) is 2.16. The van der Waals surface area contributed by atoms with Gasteiger partial charge in [0.25, 0.3) is 0 Å². The summed E-state index contributed by atoms with van der Waals surface area (Å²) >= 11 is 0. The van der Waals surface area contributed by atoms with Crippen LogP contribution in [0.2, 0.25) is 0 Å². The third-order valence-electron chi connectivity index (χ3n) is 3.36. The topological polar surface area (TPSA) is 39.1 Å². The molecule has 0 amide bonds. The van der Waals surface area contributed by atoms with Gasteiger partial charge in [-0.25, -0.2) is 4.39 Å². The molecule has 0 radical (unpaired) electrons. The van der Waals surface area contributed by atoms with Gasteiger partial charge >= 0.3 is 0 Å². The van der Waals surface area contributed by atoms with Gasteiger partial charge in [0.1, 0.15) is 5.82 Å². The lowest BCUT2D eigenvalue weighted by Crippen LogP contribution is -2.33. The zero-order chi connectivity index (χ0) is 15.1. The van der Waals surface area contributed by atoms with E-state index in [-0.39, 0.29) is 17.9 Å². The van der Waals surface area contributed by atoms with Crippen LogP contribution >= 0.6 is 0 Å². The lowest BCUT2D eigenvalue weighted by atomic mass is 10.0. The maximum Gasteiger partial charge on any atom is 0.123 e. The molecule has 0 aliphatic heterocycles. The molecular weight excluding hydrogens is 253 g/mol. The molecule has 1 unspecified atom stereocenters. The summed E-state index contributed by atoms with van der Waals surface area (Å²) in [6, 6.07) is 7.41. The van der Waals surface area contributed by atoms with Gasteiger partial charge in [-0.3, -0.25) is 0 Å². The molecule has 20 heavy (non-hydrogen) atoms. The lowest BCUT2D eigenvalue weighted by Gasteiger charge is -2.32. The Kier molecular flexibility index (Phi) is 6.47. The van der Waals surface area contributed by atoms with E-state index < -0.39 is 0 Å². The fourth-order valence-corrected chi connectivity index (χ4v) is 2.38. The van der Waals surface area contributed by atoms with E-state index in [9.17, 15) is 4.39 Å². The number of hydrogen-bond acceptors (Lipinski definition) is 3. The summed E-state index contributed by atoms with van der Waals surface area (Å²) in [5.74, 6) is -0.225. The normalized spacial score (nSPS) is 12.2. The summed E-state index contributed by atoms with van der Waals surface area (Å²) in [5, 5.41) is 12.1. The van der Waals surface area contributed by atoms with Crippen molar-refractivity contribution < 1.29 is 4.39 Å². The van der Waals surface area contributed by atoms with E-state index in [2.05, 4.69) is 30.1 Å². The van der Waals surface area contributed by atoms with Crippen molar-refractivity contribution in [1.82, 2.24) is 5.32 Å². The van der Waals surface area contributed by atoms with Crippen LogP contribution in [0.3, 0.4) is 0 Å². The van der Waals surface area contributed by atoms with E-state index in [4.69, 9.17) is 5.26 Å². The second-order valence-corrected chi connectivity index (χ2v) is 5.18. The van der Waals surface area contributed by atoms with E-state index >= 15 is 0 Å². The van der Waals surface area contributed by atoms with Crippen molar-refractivity contribution in [3.05, 3.63) is 29.6 Å². The first kappa shape index (κ1) is 16.5. The third-order valence-corrected chi connectivity index (χ3v) is 3.36. The number of nitriles is 1. The second kappa shape index (κ2) is 7.86. The molecule has 0 saturated carbocycles. The van der Waals surface area contributed by atoms with Gasteiger partial charge in [0.2, 0.25) is 0 Å². The molecule has 0 bridgehead atoms. The first-order chi connectivity index (χ1) is 9.51. The highest BCUT2D eigenvalue weighted by atomic mass is 19.1. The molecule has 1 aromatic rings. The summed E-state index contributed by atoms with van der Waals surface area (Å²) < 4.78 is 13.6. The van der Waals surface area contributed by atoms with Gasteiger partial charge in [-0.15, -0.1) is 0 Å². The highest BCUT2D eigenvalue weighted by molar-refractivity contribution is 5.56. The number of anilines is 1. The van der Waals surface area contributed by atoms with E-state index in [0.717, 1.165) is 17.8 Å². The van der Waals surface area contributed by atoms with Gasteiger partial charge in [0, 0.05) is 24.3 Å². The Morgan fingerprint density at radius 1 is 1.35 bits per heavy atom. The Hall–Kier alpha value is -1.60. The second-order valence-electron chi connectivity index (χ2n) is 5.18. The van der Waals surface area contributed by atoms with Crippen molar-refractivity contribution in [2.75, 3.05) is 18.0 Å². The van der Waals surface area contributed by atoms with Gasteiger partial charge in [-0.1, -0.05) is 6.92 Å². The molecule has 110 valence electrons. The highest BCUT2D eigenvalue weighted by Gasteiger charge is 2.18. The minimum Gasteiger partial charge on any atom is -0.368 e. The molecule has 0 aliphatic rings. The largest absolute Gasteiger partial charge is 0.368 e. The number of benzene rings is 1. The van der Waals surface area contributed by atoms with Crippen LogP contribution in [-0.2, 0) is 0 Å². The molecule has 1 atom stereocenters. The molecule has 1 aromatic carbocycles. The molecule has 4 heteroatoms. The first-order valence-electron chi connectivity index (χ1n) is 7.17. The number of rotatable bonds is 7. The predicted octanol–water partition coefficient (Wildman–Crippen LogP) is 3.62. The van der Waals surface area contributed by atoms with Crippen LogP contribution in [0.4, 0.5) is 10.1 Å². The number of halogens is 1. The van der Waals surface area contributed by atoms with Gasteiger partial charge in [-0.05, 0) is 51.1 Å². The molecule has 0 spiro atoms. The van der Waals surface area contributed by atoms with Gasteiger partial charge in [0.05, 0.1) is 12.5 Å². The van der Waals surface area contributed by atoms with Crippen LogP contribution < -0.4 is 10.2 Å². The monoisotopic (exact) mass is 277 g/mol. The number of hydrogen-bond donors (Lipinski definition) is 1. The van der Waals surface area contributed by atoms with Gasteiger partial charge in [0.15, 0.2) is 0 Å². The van der Waals surface area contributed by atoms with Crippen LogP contribution in [0.5, 0.6) is 0 Å². The maximum absolute atomic E-state index is 13.6. The molecule has 0 aromatic heterocycles. The van der Waals surface area contributed by atoms with Crippen LogP contribution in [0.15, 0.2) is 18.2 Å². The molecule has 0 fully saturated rings. The van der Waals surface area contributed by atoms with E-state index in [1.807, 2.05) is 19.9 Å². The zero-order valence-corrected chi connectivity index (χ0v) is 12.8. The molecule has 0 aliphatic carbocycles. The Labute approximate surface area is 121 Å². The van der Waals surface area contributed by atoms with E-state index in [0.29, 0.717) is 13.0 Å². The average Bonchev–Trinajstić information content (AvgIpc) is 2.40. The summed E-state index contributed by atoms with van der Waals surface area (Å²) in [7, 11) is 0. The molecule has 0 heterocycles. The van der Waals surface area contributed by atoms with Crippen molar-refractivity contribution in [2.24, 2.45) is 0 Å². The van der Waals surface area contributed by atoms with Crippen molar-refractivity contribution in [3.8, 4) is 6.07 Å². The van der Waals surface area contributed by atoms with Crippen LogP contribution in [-0.4, -0.2) is 19.1 Å². The smallest absolute Gasteiger partial charge is 0.123 e. The quantitative estimate of drug-likeness (QED) is 0.827. The Balaban J connectivity index is 3.16. The Morgan fingerprint density at radius 3 is 2.60 bits per heavy atom. The van der Waals surface area contributed by atoms with Crippen LogP contribution in [0, 0.1) is 17.1 Å². The SMILES string of the molecule is CCNC(C)c1cc(F)ccc1N(CCC#N)C(C)C. The van der Waals surface area contributed by atoms with Crippen molar-refractivity contribution in [1.29, 1.82) is 5.26 Å². The van der Waals surface area contributed by atoms with E-state index in [1.165, 1.54) is 6.07 Å². The zero-order valence-electron chi connectivity index (χ0n) is 12.8. The minimum absolute atomic E-state index is 0.0778. The van der Waals surface area contributed by atoms with Crippen molar-refractivity contribution in [2.45, 2.75) is 46.2 Å². The van der Waals surface area contributed by atoms with Gasteiger partial charge < -0.3 is 10.2 Å². The Morgan fingerprint density at radius 2 is 2.05 bits per heavy atom. The molecule has 1 rings (SSSR count). The molecule has 0 saturated heterocycles. The van der Waals surface area contributed by atoms with E-state index in [1.54, 1.807) is 6.07 Å². The first-order valence-corrected chi connectivity index (χ1v) is 7.17. The summed E-state index contributed by atoms with van der Waals surface area (Å²) in [6.45, 7) is 9.73. The summed E-state index contributed by atoms with van der Waals surface area (Å²) in [5.41, 5.74) is 1.95. The summed E-state index contributed by atoms with van der Waals surface area (Å²) in [6.07, 6.45) is 0.463. The third kappa shape index (κ3) is 4.21. The average molecular weight is 277 g/mol. The fraction of sp³-hybridized carbons (Fsp3) is 0.562. The van der Waals surface area contributed by atoms with Crippen LogP contribution in [0.1, 0.15) is 45.7 Å². The fourth-order valence-electron chi connectivity index (χ4n) is 2.38. The standard InChI is InChI=1S/C16H24FN3/c1-5-19-13(4)15-11-14(17)7-8-16(15)20(12(2)3)10-6-9-18/h7-8,11-13,19H,5-6,10H2,1-4H3. The minimum atomic E-state index is -0.225. The molecular formula is C16H24FN3. The van der Waals surface area contributed by atoms with Gasteiger partial charge in [-0.2, -0.15) is 5.26 Å². The molecule has 3 nitrogen and oxygen atoms in total. The molecule has 1 N–H and O–H groups in total. The lowest BCUT2D eigenvalue weighted by molar-refractivity contribution is 0.576. The highest BCUT2D eigenvalue weighted by Crippen LogP contribution is 2.29. The van der Waals surface area contributed by atoms with Crippen LogP contribution in [0.25, 0.3) is 0 Å². The number of nitrogens with zero attached hydrogens (tertiary/aromatic N) is 2. The van der Waals surface area contributed by atoms with Crippen molar-refractivity contribution >= 4 is 5.69 Å². The number of nitrogens with one attached hydrogen (secondary N) is 1. The predicted molar refractivity (Wildman–Crippen MR) is 81.2 cm³/mol. The Bertz CT molecular complexity index is 465. The maximum atomic E-state index is 13.6. The van der Waals surface area contributed by atoms with Crippen molar-refractivity contribution in [3.63, 3.8) is 0 Å².